The van der Waals surface area contributed by atoms with Crippen LogP contribution in [-0.4, -0.2) is 48.4 Å². The van der Waals surface area contributed by atoms with Crippen LogP contribution in [0.15, 0.2) is 47.6 Å². The lowest BCUT2D eigenvalue weighted by atomic mass is 9.96. The number of nitrogens with zero attached hydrogens (tertiary/aromatic N) is 4. The van der Waals surface area contributed by atoms with Crippen molar-refractivity contribution >= 4 is 17.7 Å². The van der Waals surface area contributed by atoms with Gasteiger partial charge in [-0.1, -0.05) is 30.3 Å². The van der Waals surface area contributed by atoms with E-state index in [4.69, 9.17) is 5.73 Å². The van der Waals surface area contributed by atoms with Crippen LogP contribution in [0.4, 0.5) is 5.82 Å². The third-order valence-electron chi connectivity index (χ3n) is 6.14. The Morgan fingerprint density at radius 1 is 1.17 bits per heavy atom. The molecule has 1 aromatic heterocycles. The average molecular weight is 407 g/mol. The van der Waals surface area contributed by atoms with Crippen molar-refractivity contribution in [2.75, 3.05) is 31.6 Å². The number of rotatable bonds is 4. The second-order valence-electron chi connectivity index (χ2n) is 7.99. The van der Waals surface area contributed by atoms with Crippen LogP contribution in [0.1, 0.15) is 29.5 Å². The number of carbonyl (C=O) groups is 1. The molecule has 0 unspecified atom stereocenters. The number of anilines is 1. The zero-order valence-corrected chi connectivity index (χ0v) is 17.6. The maximum Gasteiger partial charge on any atom is 0.220 e. The number of carbonyl (C=O) groups excluding carboxylic acids is 1. The van der Waals surface area contributed by atoms with Crippen LogP contribution in [0.25, 0.3) is 0 Å². The molecule has 2 aliphatic heterocycles. The first-order valence-corrected chi connectivity index (χ1v) is 10.7. The molecule has 7 heteroatoms. The number of piperidine rings is 1. The molecule has 0 bridgehead atoms. The smallest absolute Gasteiger partial charge is 0.220 e. The minimum absolute atomic E-state index is 0.0210. The summed E-state index contributed by atoms with van der Waals surface area (Å²) in [6, 6.07) is 12.7. The fourth-order valence-corrected chi connectivity index (χ4v) is 4.41. The monoisotopic (exact) mass is 406 g/mol. The molecule has 7 nitrogen and oxygen atoms in total. The number of aliphatic imine (C=N–C) groups is 1. The van der Waals surface area contributed by atoms with E-state index in [0.717, 1.165) is 62.8 Å². The van der Waals surface area contributed by atoms with E-state index in [9.17, 15) is 4.79 Å². The molecule has 0 saturated carbocycles. The van der Waals surface area contributed by atoms with Gasteiger partial charge in [0.25, 0.3) is 0 Å². The maximum atomic E-state index is 11.5. The van der Waals surface area contributed by atoms with Crippen molar-refractivity contribution in [1.29, 1.82) is 0 Å². The SMILES string of the molecule is CN=C(NCc1cccnc1N1CCC(C(N)=O)CC1)N1CCc2ccccc2C1. The quantitative estimate of drug-likeness (QED) is 0.598. The largest absolute Gasteiger partial charge is 0.369 e. The van der Waals surface area contributed by atoms with Gasteiger partial charge in [-0.15, -0.1) is 0 Å². The van der Waals surface area contributed by atoms with Crippen LogP contribution < -0.4 is 16.0 Å². The second kappa shape index (κ2) is 9.15. The van der Waals surface area contributed by atoms with Gasteiger partial charge in [0.15, 0.2) is 5.96 Å². The summed E-state index contributed by atoms with van der Waals surface area (Å²) < 4.78 is 0. The predicted molar refractivity (Wildman–Crippen MR) is 119 cm³/mol. The average Bonchev–Trinajstić information content (AvgIpc) is 2.80. The van der Waals surface area contributed by atoms with Crippen LogP contribution in [-0.2, 0) is 24.3 Å². The number of fused-ring (bicyclic) bond motifs is 1. The predicted octanol–water partition coefficient (Wildman–Crippen LogP) is 1.92. The van der Waals surface area contributed by atoms with Gasteiger partial charge < -0.3 is 20.9 Å². The Labute approximate surface area is 178 Å². The minimum Gasteiger partial charge on any atom is -0.369 e. The van der Waals surface area contributed by atoms with Crippen molar-refractivity contribution in [3.05, 3.63) is 59.3 Å². The van der Waals surface area contributed by atoms with E-state index < -0.39 is 0 Å². The van der Waals surface area contributed by atoms with Crippen molar-refractivity contribution in [1.82, 2.24) is 15.2 Å². The molecule has 1 saturated heterocycles. The number of hydrogen-bond acceptors (Lipinski definition) is 4. The van der Waals surface area contributed by atoms with Crippen molar-refractivity contribution in [2.45, 2.75) is 32.4 Å². The Balaban J connectivity index is 1.41. The summed E-state index contributed by atoms with van der Waals surface area (Å²) in [7, 11) is 1.83. The van der Waals surface area contributed by atoms with E-state index in [1.54, 1.807) is 0 Å². The Hall–Kier alpha value is -3.09. The highest BCUT2D eigenvalue weighted by atomic mass is 16.1. The Morgan fingerprint density at radius 2 is 1.93 bits per heavy atom. The van der Waals surface area contributed by atoms with Gasteiger partial charge in [0.05, 0.1) is 0 Å². The van der Waals surface area contributed by atoms with Gasteiger partial charge in [0.1, 0.15) is 5.82 Å². The molecule has 0 atom stereocenters. The van der Waals surface area contributed by atoms with E-state index in [1.807, 2.05) is 19.3 Å². The lowest BCUT2D eigenvalue weighted by Gasteiger charge is -2.33. The maximum absolute atomic E-state index is 11.5. The molecule has 0 radical (unpaired) electrons. The first-order valence-electron chi connectivity index (χ1n) is 10.7. The number of guanidine groups is 1. The molecule has 0 aliphatic carbocycles. The number of hydrogen-bond donors (Lipinski definition) is 2. The molecule has 158 valence electrons. The van der Waals surface area contributed by atoms with Crippen LogP contribution in [0.5, 0.6) is 0 Å². The third-order valence-corrected chi connectivity index (χ3v) is 6.14. The van der Waals surface area contributed by atoms with Gasteiger partial charge in [0, 0.05) is 57.4 Å². The molecule has 3 heterocycles. The van der Waals surface area contributed by atoms with Crippen molar-refractivity contribution < 1.29 is 4.79 Å². The number of benzene rings is 1. The van der Waals surface area contributed by atoms with Gasteiger partial charge >= 0.3 is 0 Å². The van der Waals surface area contributed by atoms with Gasteiger partial charge in [-0.2, -0.15) is 0 Å². The Bertz CT molecular complexity index is 919. The third kappa shape index (κ3) is 4.40. The molecule has 3 N–H and O–H groups in total. The summed E-state index contributed by atoms with van der Waals surface area (Å²) in [6.07, 6.45) is 4.43. The van der Waals surface area contributed by atoms with E-state index in [0.29, 0.717) is 6.54 Å². The highest BCUT2D eigenvalue weighted by molar-refractivity contribution is 5.80. The number of pyridine rings is 1. The number of aromatic nitrogens is 1. The van der Waals surface area contributed by atoms with Crippen molar-refractivity contribution in [3.8, 4) is 0 Å². The summed E-state index contributed by atoms with van der Waals surface area (Å²) >= 11 is 0. The molecular formula is C23H30N6O. The van der Waals surface area contributed by atoms with Crippen LogP contribution in [0, 0.1) is 5.92 Å². The van der Waals surface area contributed by atoms with E-state index in [2.05, 4.69) is 55.4 Å². The molecule has 0 spiro atoms. The normalized spacial score (nSPS) is 17.6. The molecule has 4 rings (SSSR count). The first kappa shape index (κ1) is 20.2. The molecule has 2 aliphatic rings. The first-order chi connectivity index (χ1) is 14.7. The minimum atomic E-state index is -0.190. The fraction of sp³-hybridized carbons (Fsp3) is 0.435. The summed E-state index contributed by atoms with van der Waals surface area (Å²) in [5, 5.41) is 3.53. The lowest BCUT2D eigenvalue weighted by Crippen LogP contribution is -2.44. The van der Waals surface area contributed by atoms with E-state index in [-0.39, 0.29) is 11.8 Å². The highest BCUT2D eigenvalue weighted by Gasteiger charge is 2.25. The Kier molecular flexibility index (Phi) is 6.16. The Morgan fingerprint density at radius 3 is 2.67 bits per heavy atom. The molecule has 1 aromatic carbocycles. The molecule has 1 amide bonds. The van der Waals surface area contributed by atoms with Gasteiger partial charge in [-0.25, -0.2) is 4.98 Å². The van der Waals surface area contributed by atoms with E-state index >= 15 is 0 Å². The molecule has 30 heavy (non-hydrogen) atoms. The van der Waals surface area contributed by atoms with E-state index in [1.165, 1.54) is 11.1 Å². The summed E-state index contributed by atoms with van der Waals surface area (Å²) in [5.41, 5.74) is 9.41. The number of nitrogens with one attached hydrogen (secondary N) is 1. The molecular weight excluding hydrogens is 376 g/mol. The highest BCUT2D eigenvalue weighted by Crippen LogP contribution is 2.25. The van der Waals surface area contributed by atoms with Crippen LogP contribution in [0.2, 0.25) is 0 Å². The van der Waals surface area contributed by atoms with Gasteiger partial charge in [0.2, 0.25) is 5.91 Å². The van der Waals surface area contributed by atoms with Gasteiger partial charge in [-0.3, -0.25) is 9.79 Å². The topological polar surface area (TPSA) is 86.9 Å². The van der Waals surface area contributed by atoms with Crippen LogP contribution >= 0.6 is 0 Å². The number of nitrogens with two attached hydrogens (primary N) is 1. The van der Waals surface area contributed by atoms with Gasteiger partial charge in [-0.05, 0) is 36.5 Å². The summed E-state index contributed by atoms with van der Waals surface area (Å²) in [4.78, 5) is 25.2. The zero-order chi connectivity index (χ0) is 20.9. The van der Waals surface area contributed by atoms with Crippen molar-refractivity contribution in [2.24, 2.45) is 16.6 Å². The summed E-state index contributed by atoms with van der Waals surface area (Å²) in [6.45, 7) is 4.09. The zero-order valence-electron chi connectivity index (χ0n) is 17.6. The lowest BCUT2D eigenvalue weighted by molar-refractivity contribution is -0.122. The number of primary amides is 1. The molecule has 2 aromatic rings. The van der Waals surface area contributed by atoms with Crippen molar-refractivity contribution in [3.63, 3.8) is 0 Å². The standard InChI is InChI=1S/C23H30N6O/c1-25-23(29-14-8-17-5-2-3-6-20(17)16-29)27-15-19-7-4-11-26-22(19)28-12-9-18(10-13-28)21(24)30/h2-7,11,18H,8-10,12-16H2,1H3,(H2,24,30)(H,25,27). The summed E-state index contributed by atoms with van der Waals surface area (Å²) in [5.74, 6) is 1.68. The van der Waals surface area contributed by atoms with Crippen LogP contribution in [0.3, 0.4) is 0 Å². The number of amides is 1. The fourth-order valence-electron chi connectivity index (χ4n) is 4.41. The molecule has 1 fully saturated rings. The second-order valence-corrected chi connectivity index (χ2v) is 7.99.